The molecule has 27 heavy (non-hydrogen) atoms. The van der Waals surface area contributed by atoms with Crippen LogP contribution in [-0.2, 0) is 0 Å². The Kier molecular flexibility index (Phi) is 3.55. The lowest BCUT2D eigenvalue weighted by Crippen LogP contribution is -2.45. The third kappa shape index (κ3) is 2.53. The van der Waals surface area contributed by atoms with Crippen molar-refractivity contribution in [3.8, 4) is 5.69 Å². The number of nitrogens with zero attached hydrogens (tertiary/aromatic N) is 5. The SMILES string of the molecule is Cc1c(C(=O)N2CC3CCCC3(N)C2)nnn1-c1ccc2ncccc2c1. The van der Waals surface area contributed by atoms with Gasteiger partial charge in [-0.3, -0.25) is 9.78 Å². The number of benzene rings is 1. The van der Waals surface area contributed by atoms with E-state index in [1.165, 1.54) is 0 Å². The molecule has 7 nitrogen and oxygen atoms in total. The summed E-state index contributed by atoms with van der Waals surface area (Å²) in [7, 11) is 0. The number of carbonyl (C=O) groups is 1. The van der Waals surface area contributed by atoms with Crippen LogP contribution in [0.15, 0.2) is 36.5 Å². The van der Waals surface area contributed by atoms with E-state index in [1.807, 2.05) is 42.2 Å². The number of carbonyl (C=O) groups excluding carboxylic acids is 1. The van der Waals surface area contributed by atoms with Crippen molar-refractivity contribution in [1.29, 1.82) is 0 Å². The molecule has 2 unspecified atom stereocenters. The third-order valence-corrected chi connectivity index (χ3v) is 6.15. The minimum atomic E-state index is -0.217. The van der Waals surface area contributed by atoms with Crippen molar-refractivity contribution in [2.75, 3.05) is 13.1 Å². The molecule has 2 aliphatic rings. The lowest BCUT2D eigenvalue weighted by atomic mass is 9.92. The molecular formula is C20H22N6O. The molecule has 2 fully saturated rings. The van der Waals surface area contributed by atoms with Crippen LogP contribution in [-0.4, -0.2) is 49.4 Å². The quantitative estimate of drug-likeness (QED) is 0.754. The predicted molar refractivity (Wildman–Crippen MR) is 102 cm³/mol. The van der Waals surface area contributed by atoms with Gasteiger partial charge in [-0.1, -0.05) is 17.7 Å². The Balaban J connectivity index is 1.45. The van der Waals surface area contributed by atoms with Crippen molar-refractivity contribution < 1.29 is 4.79 Å². The first-order valence-corrected chi connectivity index (χ1v) is 9.41. The maximum Gasteiger partial charge on any atom is 0.276 e. The Morgan fingerprint density at radius 1 is 1.33 bits per heavy atom. The predicted octanol–water partition coefficient (Wildman–Crippen LogP) is 2.08. The summed E-state index contributed by atoms with van der Waals surface area (Å²) in [4.78, 5) is 19.2. The van der Waals surface area contributed by atoms with Crippen molar-refractivity contribution in [3.05, 3.63) is 47.9 Å². The fourth-order valence-corrected chi connectivity index (χ4v) is 4.61. The zero-order valence-corrected chi connectivity index (χ0v) is 15.3. The Morgan fingerprint density at radius 3 is 3.07 bits per heavy atom. The molecule has 2 aromatic heterocycles. The van der Waals surface area contributed by atoms with Crippen LogP contribution >= 0.6 is 0 Å². The van der Waals surface area contributed by atoms with E-state index in [0.717, 1.165) is 48.1 Å². The number of fused-ring (bicyclic) bond motifs is 2. The van der Waals surface area contributed by atoms with E-state index in [4.69, 9.17) is 5.73 Å². The number of pyridine rings is 1. The summed E-state index contributed by atoms with van der Waals surface area (Å²) in [6, 6.07) is 9.82. The summed E-state index contributed by atoms with van der Waals surface area (Å²) in [6.07, 6.45) is 5.04. The van der Waals surface area contributed by atoms with Crippen LogP contribution in [0.1, 0.15) is 35.4 Å². The average Bonchev–Trinajstić information content (AvgIpc) is 3.32. The van der Waals surface area contributed by atoms with Gasteiger partial charge >= 0.3 is 0 Å². The zero-order chi connectivity index (χ0) is 18.6. The van der Waals surface area contributed by atoms with Crippen LogP contribution in [0.2, 0.25) is 0 Å². The minimum Gasteiger partial charge on any atom is -0.335 e. The van der Waals surface area contributed by atoms with Gasteiger partial charge in [0, 0.05) is 30.2 Å². The largest absolute Gasteiger partial charge is 0.335 e. The van der Waals surface area contributed by atoms with Gasteiger partial charge in [-0.2, -0.15) is 0 Å². The van der Waals surface area contributed by atoms with Gasteiger partial charge in [0.1, 0.15) is 0 Å². The van der Waals surface area contributed by atoms with E-state index in [2.05, 4.69) is 15.3 Å². The van der Waals surface area contributed by atoms with Crippen LogP contribution in [0, 0.1) is 12.8 Å². The van der Waals surface area contributed by atoms with Crippen molar-refractivity contribution >= 4 is 16.8 Å². The molecule has 2 N–H and O–H groups in total. The van der Waals surface area contributed by atoms with E-state index >= 15 is 0 Å². The highest BCUT2D eigenvalue weighted by Gasteiger charge is 2.48. The number of amides is 1. The van der Waals surface area contributed by atoms with Gasteiger partial charge < -0.3 is 10.6 Å². The highest BCUT2D eigenvalue weighted by atomic mass is 16.2. The van der Waals surface area contributed by atoms with Gasteiger partial charge in [0.05, 0.1) is 16.9 Å². The topological polar surface area (TPSA) is 89.9 Å². The van der Waals surface area contributed by atoms with Gasteiger partial charge in [-0.15, -0.1) is 5.10 Å². The number of hydrogen-bond donors (Lipinski definition) is 1. The lowest BCUT2D eigenvalue weighted by Gasteiger charge is -2.22. The highest BCUT2D eigenvalue weighted by Crippen LogP contribution is 2.40. The number of nitrogens with two attached hydrogens (primary N) is 1. The monoisotopic (exact) mass is 362 g/mol. The first-order chi connectivity index (χ1) is 13.0. The molecule has 2 atom stereocenters. The van der Waals surface area contributed by atoms with Crippen molar-refractivity contribution in [2.24, 2.45) is 11.7 Å². The molecule has 0 radical (unpaired) electrons. The Hall–Kier alpha value is -2.80. The van der Waals surface area contributed by atoms with Crippen LogP contribution in [0.4, 0.5) is 0 Å². The number of hydrogen-bond acceptors (Lipinski definition) is 5. The van der Waals surface area contributed by atoms with Gasteiger partial charge in [0.25, 0.3) is 5.91 Å². The second kappa shape index (κ2) is 5.85. The van der Waals surface area contributed by atoms with Crippen LogP contribution in [0.5, 0.6) is 0 Å². The summed E-state index contributed by atoms with van der Waals surface area (Å²) in [5, 5.41) is 9.46. The zero-order valence-electron chi connectivity index (χ0n) is 15.3. The number of aromatic nitrogens is 4. The van der Waals surface area contributed by atoms with Crippen molar-refractivity contribution in [1.82, 2.24) is 24.9 Å². The fourth-order valence-electron chi connectivity index (χ4n) is 4.61. The van der Waals surface area contributed by atoms with Crippen LogP contribution in [0.3, 0.4) is 0 Å². The smallest absolute Gasteiger partial charge is 0.276 e. The molecule has 1 aliphatic heterocycles. The summed E-state index contributed by atoms with van der Waals surface area (Å²) >= 11 is 0. The number of likely N-dealkylation sites (tertiary alicyclic amines) is 1. The molecule has 3 heterocycles. The van der Waals surface area contributed by atoms with Crippen molar-refractivity contribution in [2.45, 2.75) is 31.7 Å². The molecule has 1 aromatic carbocycles. The maximum absolute atomic E-state index is 13.0. The summed E-state index contributed by atoms with van der Waals surface area (Å²) in [6.45, 7) is 3.23. The normalized spacial score (nSPS) is 24.5. The molecule has 138 valence electrons. The summed E-state index contributed by atoms with van der Waals surface area (Å²) in [5.41, 5.74) is 9.24. The summed E-state index contributed by atoms with van der Waals surface area (Å²) < 4.78 is 1.72. The van der Waals surface area contributed by atoms with Crippen LogP contribution < -0.4 is 5.73 Å². The molecule has 1 saturated carbocycles. The van der Waals surface area contributed by atoms with Gasteiger partial charge in [-0.25, -0.2) is 4.68 Å². The molecule has 1 amide bonds. The molecule has 0 spiro atoms. The lowest BCUT2D eigenvalue weighted by molar-refractivity contribution is 0.0771. The second-order valence-corrected chi connectivity index (χ2v) is 7.82. The van der Waals surface area contributed by atoms with E-state index in [9.17, 15) is 4.79 Å². The van der Waals surface area contributed by atoms with E-state index in [-0.39, 0.29) is 11.4 Å². The van der Waals surface area contributed by atoms with Crippen LogP contribution in [0.25, 0.3) is 16.6 Å². The molecule has 3 aromatic rings. The average molecular weight is 362 g/mol. The van der Waals surface area contributed by atoms with E-state index < -0.39 is 0 Å². The van der Waals surface area contributed by atoms with Crippen molar-refractivity contribution in [3.63, 3.8) is 0 Å². The Labute approximate surface area is 157 Å². The Bertz CT molecular complexity index is 1040. The molecule has 7 heteroatoms. The van der Waals surface area contributed by atoms with Gasteiger partial charge in [0.15, 0.2) is 5.69 Å². The standard InChI is InChI=1S/C20H22N6O/c1-13-18(19(27)25-11-15-5-2-8-20(15,21)12-25)23-24-26(13)16-6-7-17-14(10-16)4-3-9-22-17/h3-4,6-7,9-10,15H,2,5,8,11-12,21H2,1H3. The molecule has 0 bridgehead atoms. The third-order valence-electron chi connectivity index (χ3n) is 6.15. The first-order valence-electron chi connectivity index (χ1n) is 9.41. The maximum atomic E-state index is 13.0. The summed E-state index contributed by atoms with van der Waals surface area (Å²) in [5.74, 6) is 0.338. The fraction of sp³-hybridized carbons (Fsp3) is 0.400. The van der Waals surface area contributed by atoms with Gasteiger partial charge in [0.2, 0.25) is 0 Å². The van der Waals surface area contributed by atoms with E-state index in [0.29, 0.717) is 18.2 Å². The second-order valence-electron chi connectivity index (χ2n) is 7.82. The minimum absolute atomic E-state index is 0.0690. The molecule has 1 aliphatic carbocycles. The Morgan fingerprint density at radius 2 is 2.22 bits per heavy atom. The first kappa shape index (κ1) is 16.4. The number of rotatable bonds is 2. The molecule has 1 saturated heterocycles. The molecular weight excluding hydrogens is 340 g/mol. The van der Waals surface area contributed by atoms with Gasteiger partial charge in [-0.05, 0) is 49.9 Å². The van der Waals surface area contributed by atoms with E-state index in [1.54, 1.807) is 10.9 Å². The highest BCUT2D eigenvalue weighted by molar-refractivity contribution is 5.93. The molecule has 5 rings (SSSR count).